The molecule has 1 aliphatic rings. The molecule has 0 bridgehead atoms. The van der Waals surface area contributed by atoms with E-state index in [4.69, 9.17) is 4.74 Å². The molecule has 2 aromatic rings. The van der Waals surface area contributed by atoms with Crippen molar-refractivity contribution in [3.05, 3.63) is 69.4 Å². The Labute approximate surface area is 167 Å². The summed E-state index contributed by atoms with van der Waals surface area (Å²) in [6.07, 6.45) is 0.597. The molecule has 0 aliphatic carbocycles. The lowest BCUT2D eigenvalue weighted by molar-refractivity contribution is -0.129. The van der Waals surface area contributed by atoms with E-state index >= 15 is 0 Å². The van der Waals surface area contributed by atoms with Gasteiger partial charge < -0.3 is 14.7 Å². The molecule has 2 heterocycles. The molecule has 1 unspecified atom stereocenters. The highest BCUT2D eigenvalue weighted by molar-refractivity contribution is 7.12. The Morgan fingerprint density at radius 1 is 1.32 bits per heavy atom. The quantitative estimate of drug-likeness (QED) is 0.528. The first-order chi connectivity index (χ1) is 13.4. The van der Waals surface area contributed by atoms with E-state index in [1.807, 2.05) is 13.8 Å². The molecular formula is C21H22FNO4S. The maximum Gasteiger partial charge on any atom is 0.290 e. The van der Waals surface area contributed by atoms with Crippen LogP contribution in [0.2, 0.25) is 0 Å². The summed E-state index contributed by atoms with van der Waals surface area (Å²) < 4.78 is 19.4. The van der Waals surface area contributed by atoms with Crippen LogP contribution in [0, 0.1) is 5.82 Å². The monoisotopic (exact) mass is 403 g/mol. The molecule has 1 aromatic heterocycles. The third-order valence-corrected chi connectivity index (χ3v) is 5.32. The van der Waals surface area contributed by atoms with Crippen molar-refractivity contribution in [1.82, 2.24) is 4.90 Å². The van der Waals surface area contributed by atoms with E-state index in [1.165, 1.54) is 34.4 Å². The zero-order chi connectivity index (χ0) is 20.3. The highest BCUT2D eigenvalue weighted by Gasteiger charge is 2.43. The number of halogens is 1. The summed E-state index contributed by atoms with van der Waals surface area (Å²) in [5.74, 6) is -2.09. The molecule has 1 aromatic carbocycles. The van der Waals surface area contributed by atoms with Crippen LogP contribution in [-0.4, -0.2) is 41.0 Å². The first kappa shape index (κ1) is 20.2. The van der Waals surface area contributed by atoms with Crippen LogP contribution >= 0.6 is 11.3 Å². The smallest absolute Gasteiger partial charge is 0.290 e. The largest absolute Gasteiger partial charge is 0.503 e. The van der Waals surface area contributed by atoms with Gasteiger partial charge in [0.15, 0.2) is 5.76 Å². The number of aliphatic hydroxyl groups is 1. The predicted octanol–water partition coefficient (Wildman–Crippen LogP) is 4.28. The summed E-state index contributed by atoms with van der Waals surface area (Å²) >= 11 is 1.23. The van der Waals surface area contributed by atoms with Crippen molar-refractivity contribution in [2.24, 2.45) is 0 Å². The van der Waals surface area contributed by atoms with E-state index < -0.39 is 29.3 Å². The van der Waals surface area contributed by atoms with Crippen LogP contribution in [0.15, 0.2) is 53.1 Å². The molecule has 0 saturated carbocycles. The van der Waals surface area contributed by atoms with E-state index in [9.17, 15) is 19.1 Å². The lowest BCUT2D eigenvalue weighted by Gasteiger charge is -2.27. The van der Waals surface area contributed by atoms with Crippen LogP contribution in [0.1, 0.15) is 41.5 Å². The van der Waals surface area contributed by atoms with Crippen LogP contribution < -0.4 is 0 Å². The molecule has 0 spiro atoms. The Morgan fingerprint density at radius 2 is 2.11 bits per heavy atom. The van der Waals surface area contributed by atoms with Gasteiger partial charge in [-0.2, -0.15) is 0 Å². The van der Waals surface area contributed by atoms with Gasteiger partial charge in [-0.05, 0) is 49.4 Å². The third-order valence-electron chi connectivity index (χ3n) is 4.45. The van der Waals surface area contributed by atoms with Crippen molar-refractivity contribution in [2.75, 3.05) is 13.2 Å². The van der Waals surface area contributed by atoms with Gasteiger partial charge in [0.1, 0.15) is 5.82 Å². The second kappa shape index (κ2) is 8.67. The van der Waals surface area contributed by atoms with E-state index in [1.54, 1.807) is 23.6 Å². The Hall–Kier alpha value is -2.51. The number of nitrogens with zero attached hydrogens (tertiary/aromatic N) is 1. The number of thiophene rings is 1. The second-order valence-corrected chi connectivity index (χ2v) is 7.75. The Morgan fingerprint density at radius 3 is 2.75 bits per heavy atom. The van der Waals surface area contributed by atoms with Gasteiger partial charge in [0.05, 0.1) is 22.6 Å². The zero-order valence-corrected chi connectivity index (χ0v) is 16.5. The number of carbonyl (C=O) groups excluding carboxylic acids is 2. The maximum absolute atomic E-state index is 13.9. The highest BCUT2D eigenvalue weighted by atomic mass is 32.1. The molecule has 0 radical (unpaired) electrons. The van der Waals surface area contributed by atoms with Gasteiger partial charge in [0.25, 0.3) is 5.91 Å². The summed E-state index contributed by atoms with van der Waals surface area (Å²) in [5, 5.41) is 12.2. The minimum Gasteiger partial charge on any atom is -0.503 e. The Balaban J connectivity index is 1.94. The minimum atomic E-state index is -0.836. The lowest BCUT2D eigenvalue weighted by atomic mass is 9.95. The fraction of sp³-hybridized carbons (Fsp3) is 0.333. The Bertz CT molecular complexity index is 892. The van der Waals surface area contributed by atoms with Gasteiger partial charge in [-0.15, -0.1) is 11.3 Å². The molecule has 1 aliphatic heterocycles. The van der Waals surface area contributed by atoms with Crippen LogP contribution in [0.5, 0.6) is 0 Å². The first-order valence-corrected chi connectivity index (χ1v) is 9.97. The average molecular weight is 403 g/mol. The summed E-state index contributed by atoms with van der Waals surface area (Å²) in [4.78, 5) is 27.5. The number of carbonyl (C=O) groups is 2. The number of ketones is 1. The lowest BCUT2D eigenvalue weighted by Crippen LogP contribution is -2.32. The summed E-state index contributed by atoms with van der Waals surface area (Å²) in [5.41, 5.74) is 0.435. The maximum atomic E-state index is 13.9. The number of amides is 1. The topological polar surface area (TPSA) is 66.8 Å². The number of hydrogen-bond acceptors (Lipinski definition) is 5. The van der Waals surface area contributed by atoms with Crippen molar-refractivity contribution in [1.29, 1.82) is 0 Å². The normalized spacial score (nSPS) is 17.1. The standard InChI is InChI=1S/C21H22FNO4S/c1-13(2)27-10-5-9-23-18(14-6-3-7-15(22)12-14)17(20(25)21(23)26)19(24)16-8-4-11-28-16/h3-4,6-8,11-13,18,25H,5,9-10H2,1-2H3. The molecule has 148 valence electrons. The van der Waals surface area contributed by atoms with E-state index in [0.29, 0.717) is 23.5 Å². The highest BCUT2D eigenvalue weighted by Crippen LogP contribution is 2.39. The van der Waals surface area contributed by atoms with Crippen molar-refractivity contribution in [3.63, 3.8) is 0 Å². The van der Waals surface area contributed by atoms with Crippen molar-refractivity contribution < 1.29 is 23.8 Å². The van der Waals surface area contributed by atoms with Crippen LogP contribution in [0.4, 0.5) is 4.39 Å². The molecule has 3 rings (SSSR count). The van der Waals surface area contributed by atoms with Gasteiger partial charge >= 0.3 is 0 Å². The fourth-order valence-electron chi connectivity index (χ4n) is 3.23. The summed E-state index contributed by atoms with van der Waals surface area (Å²) in [7, 11) is 0. The van der Waals surface area contributed by atoms with Gasteiger partial charge in [-0.25, -0.2) is 4.39 Å². The van der Waals surface area contributed by atoms with Gasteiger partial charge in [0, 0.05) is 13.2 Å². The molecule has 1 N–H and O–H groups in total. The van der Waals surface area contributed by atoms with Crippen LogP contribution in [-0.2, 0) is 9.53 Å². The van der Waals surface area contributed by atoms with Crippen molar-refractivity contribution >= 4 is 23.0 Å². The van der Waals surface area contributed by atoms with Crippen LogP contribution in [0.3, 0.4) is 0 Å². The molecule has 0 saturated heterocycles. The van der Waals surface area contributed by atoms with E-state index in [2.05, 4.69) is 0 Å². The van der Waals surface area contributed by atoms with Crippen LogP contribution in [0.25, 0.3) is 0 Å². The number of rotatable bonds is 8. The molecule has 1 atom stereocenters. The second-order valence-electron chi connectivity index (χ2n) is 6.80. The number of aliphatic hydroxyl groups excluding tert-OH is 1. The minimum absolute atomic E-state index is 0.0113. The average Bonchev–Trinajstić information content (AvgIpc) is 3.27. The van der Waals surface area contributed by atoms with Gasteiger partial charge in [0.2, 0.25) is 5.78 Å². The molecule has 7 heteroatoms. The number of hydrogen-bond donors (Lipinski definition) is 1. The summed E-state index contributed by atoms with van der Waals surface area (Å²) in [6.45, 7) is 4.55. The van der Waals surface area contributed by atoms with Gasteiger partial charge in [-0.1, -0.05) is 18.2 Å². The molecule has 28 heavy (non-hydrogen) atoms. The first-order valence-electron chi connectivity index (χ1n) is 9.09. The van der Waals surface area contributed by atoms with Crippen molar-refractivity contribution in [3.8, 4) is 0 Å². The zero-order valence-electron chi connectivity index (χ0n) is 15.7. The Kier molecular flexibility index (Phi) is 6.26. The number of ether oxygens (including phenoxy) is 1. The molecule has 1 amide bonds. The van der Waals surface area contributed by atoms with E-state index in [-0.39, 0.29) is 18.2 Å². The fourth-order valence-corrected chi connectivity index (χ4v) is 3.91. The van der Waals surface area contributed by atoms with Gasteiger partial charge in [-0.3, -0.25) is 9.59 Å². The summed E-state index contributed by atoms with van der Waals surface area (Å²) in [6, 6.07) is 8.29. The predicted molar refractivity (Wildman–Crippen MR) is 105 cm³/mol. The number of benzene rings is 1. The molecular weight excluding hydrogens is 381 g/mol. The van der Waals surface area contributed by atoms with Crippen molar-refractivity contribution in [2.45, 2.75) is 32.4 Å². The SMILES string of the molecule is CC(C)OCCCN1C(=O)C(O)=C(C(=O)c2cccs2)C1c1cccc(F)c1. The number of Topliss-reactive ketones (excluding diaryl/α,β-unsaturated/α-hetero) is 1. The van der Waals surface area contributed by atoms with E-state index in [0.717, 1.165) is 0 Å². The third kappa shape index (κ3) is 4.15. The molecule has 5 nitrogen and oxygen atoms in total. The molecule has 0 fully saturated rings.